The van der Waals surface area contributed by atoms with Gasteiger partial charge in [-0.05, 0) is 13.8 Å². The van der Waals surface area contributed by atoms with Crippen LogP contribution in [0, 0.1) is 0 Å². The highest BCUT2D eigenvalue weighted by Gasteiger charge is 2.06. The molecule has 0 radical (unpaired) electrons. The van der Waals surface area contributed by atoms with Crippen LogP contribution in [0.3, 0.4) is 0 Å². The molecule has 5 heteroatoms. The van der Waals surface area contributed by atoms with Crippen LogP contribution < -0.4 is 10.5 Å². The highest BCUT2D eigenvalue weighted by molar-refractivity contribution is 5.11. The summed E-state index contributed by atoms with van der Waals surface area (Å²) in [5.41, 5.74) is 6.27. The Morgan fingerprint density at radius 2 is 2.00 bits per heavy atom. The first-order chi connectivity index (χ1) is 6.63. The number of nitrogens with zero attached hydrogens (tertiary/aromatic N) is 2. The maximum atomic E-state index is 8.79. The number of ether oxygens (including phenoxy) is 1. The van der Waals surface area contributed by atoms with Crippen LogP contribution in [0.2, 0.25) is 0 Å². The van der Waals surface area contributed by atoms with Gasteiger partial charge >= 0.3 is 6.01 Å². The lowest BCUT2D eigenvalue weighted by Crippen LogP contribution is -2.15. The molecule has 0 aliphatic heterocycles. The number of hydrogen-bond donors (Lipinski definition) is 2. The van der Waals surface area contributed by atoms with Crippen LogP contribution in [0.15, 0.2) is 12.4 Å². The molecule has 78 valence electrons. The van der Waals surface area contributed by atoms with E-state index in [-0.39, 0.29) is 12.7 Å². The Morgan fingerprint density at radius 3 is 2.43 bits per heavy atom. The van der Waals surface area contributed by atoms with E-state index in [2.05, 4.69) is 9.97 Å². The fourth-order valence-corrected chi connectivity index (χ4v) is 0.895. The maximum Gasteiger partial charge on any atom is 0.316 e. The minimum absolute atomic E-state index is 0.0485. The average Bonchev–Trinajstić information content (AvgIpc) is 2.17. The van der Waals surface area contributed by atoms with Gasteiger partial charge in [0.05, 0.1) is 18.8 Å². The van der Waals surface area contributed by atoms with Gasteiger partial charge in [0.25, 0.3) is 0 Å². The van der Waals surface area contributed by atoms with Crippen LogP contribution in [-0.4, -0.2) is 27.8 Å². The molecule has 1 aromatic heterocycles. The van der Waals surface area contributed by atoms with Crippen molar-refractivity contribution in [3.05, 3.63) is 18.0 Å². The van der Waals surface area contributed by atoms with Crippen LogP contribution in [0.25, 0.3) is 0 Å². The van der Waals surface area contributed by atoms with Gasteiger partial charge in [0.15, 0.2) is 0 Å². The molecule has 0 aliphatic rings. The van der Waals surface area contributed by atoms with Crippen LogP contribution >= 0.6 is 0 Å². The van der Waals surface area contributed by atoms with E-state index in [0.717, 1.165) is 0 Å². The van der Waals surface area contributed by atoms with Crippen molar-refractivity contribution in [2.75, 3.05) is 6.61 Å². The van der Waals surface area contributed by atoms with E-state index in [1.54, 1.807) is 12.4 Å². The lowest BCUT2D eigenvalue weighted by molar-refractivity contribution is 0.221. The summed E-state index contributed by atoms with van der Waals surface area (Å²) in [6.45, 7) is 3.68. The molecule has 14 heavy (non-hydrogen) atoms. The molecule has 1 aromatic rings. The van der Waals surface area contributed by atoms with Crippen molar-refractivity contribution in [1.29, 1.82) is 0 Å². The lowest BCUT2D eigenvalue weighted by Gasteiger charge is -2.09. The van der Waals surface area contributed by atoms with Gasteiger partial charge in [-0.2, -0.15) is 0 Å². The molecular formula is C9H15N3O2. The SMILES string of the molecule is CC(C)Oc1ncc(C(N)CO)cn1. The predicted molar refractivity (Wildman–Crippen MR) is 51.8 cm³/mol. The summed E-state index contributed by atoms with van der Waals surface area (Å²) in [5.74, 6) is 0. The standard InChI is InChI=1S/C9H15N3O2/c1-6(2)14-9-11-3-7(4-12-9)8(10)5-13/h3-4,6,8,13H,5,10H2,1-2H3. The van der Waals surface area contributed by atoms with Gasteiger partial charge < -0.3 is 15.6 Å². The first-order valence-corrected chi connectivity index (χ1v) is 4.48. The van der Waals surface area contributed by atoms with Gasteiger partial charge in [0.1, 0.15) is 0 Å². The lowest BCUT2D eigenvalue weighted by atomic mass is 10.2. The monoisotopic (exact) mass is 197 g/mol. The smallest absolute Gasteiger partial charge is 0.316 e. The van der Waals surface area contributed by atoms with Crippen LogP contribution in [-0.2, 0) is 0 Å². The third-order valence-electron chi connectivity index (χ3n) is 1.61. The van der Waals surface area contributed by atoms with Gasteiger partial charge in [-0.3, -0.25) is 0 Å². The molecule has 0 saturated carbocycles. The van der Waals surface area contributed by atoms with Crippen molar-refractivity contribution in [2.45, 2.75) is 26.0 Å². The van der Waals surface area contributed by atoms with Crippen molar-refractivity contribution >= 4 is 0 Å². The molecule has 0 spiro atoms. The van der Waals surface area contributed by atoms with Crippen molar-refractivity contribution in [3.8, 4) is 6.01 Å². The molecule has 0 fully saturated rings. The minimum Gasteiger partial charge on any atom is -0.461 e. The fraction of sp³-hybridized carbons (Fsp3) is 0.556. The molecule has 1 heterocycles. The fourth-order valence-electron chi connectivity index (χ4n) is 0.895. The van der Waals surface area contributed by atoms with Crippen LogP contribution in [0.4, 0.5) is 0 Å². The van der Waals surface area contributed by atoms with Gasteiger partial charge in [-0.1, -0.05) is 0 Å². The maximum absolute atomic E-state index is 8.79. The van der Waals surface area contributed by atoms with Gasteiger partial charge in [-0.15, -0.1) is 0 Å². The molecule has 1 unspecified atom stereocenters. The molecule has 0 aliphatic carbocycles. The molecule has 0 amide bonds. The van der Waals surface area contributed by atoms with E-state index in [1.165, 1.54) is 0 Å². The quantitative estimate of drug-likeness (QED) is 0.723. The van der Waals surface area contributed by atoms with E-state index < -0.39 is 6.04 Å². The summed E-state index contributed by atoms with van der Waals surface area (Å²) in [7, 11) is 0. The predicted octanol–water partition coefficient (Wildman–Crippen LogP) is 0.256. The summed E-state index contributed by atoms with van der Waals surface area (Å²) >= 11 is 0. The van der Waals surface area contributed by atoms with E-state index in [0.29, 0.717) is 11.6 Å². The van der Waals surface area contributed by atoms with Crippen molar-refractivity contribution in [3.63, 3.8) is 0 Å². The Labute approximate surface area is 82.9 Å². The Balaban J connectivity index is 2.68. The zero-order valence-electron chi connectivity index (χ0n) is 8.34. The highest BCUT2D eigenvalue weighted by atomic mass is 16.5. The summed E-state index contributed by atoms with van der Waals surface area (Å²) in [6, 6.07) is -0.100. The molecule has 1 atom stereocenters. The number of aliphatic hydroxyl groups is 1. The van der Waals surface area contributed by atoms with Crippen LogP contribution in [0.5, 0.6) is 6.01 Å². The van der Waals surface area contributed by atoms with E-state index >= 15 is 0 Å². The average molecular weight is 197 g/mol. The molecule has 0 aromatic carbocycles. The zero-order chi connectivity index (χ0) is 10.6. The molecule has 0 bridgehead atoms. The Kier molecular flexibility index (Phi) is 3.79. The number of hydrogen-bond acceptors (Lipinski definition) is 5. The topological polar surface area (TPSA) is 81.3 Å². The first kappa shape index (κ1) is 10.9. The molecule has 1 rings (SSSR count). The largest absolute Gasteiger partial charge is 0.461 e. The number of nitrogens with two attached hydrogens (primary N) is 1. The molecule has 3 N–H and O–H groups in total. The first-order valence-electron chi connectivity index (χ1n) is 4.48. The third-order valence-corrected chi connectivity index (χ3v) is 1.61. The van der Waals surface area contributed by atoms with Crippen molar-refractivity contribution in [2.24, 2.45) is 5.73 Å². The van der Waals surface area contributed by atoms with E-state index in [4.69, 9.17) is 15.6 Å². The van der Waals surface area contributed by atoms with Crippen molar-refractivity contribution in [1.82, 2.24) is 9.97 Å². The molecule has 0 saturated heterocycles. The van der Waals surface area contributed by atoms with Crippen molar-refractivity contribution < 1.29 is 9.84 Å². The van der Waals surface area contributed by atoms with Crippen LogP contribution in [0.1, 0.15) is 25.5 Å². The normalized spacial score (nSPS) is 12.9. The second-order valence-electron chi connectivity index (χ2n) is 3.25. The third kappa shape index (κ3) is 2.93. The second kappa shape index (κ2) is 4.88. The Bertz CT molecular complexity index is 274. The van der Waals surface area contributed by atoms with Gasteiger partial charge in [0, 0.05) is 18.0 Å². The zero-order valence-corrected chi connectivity index (χ0v) is 8.34. The Morgan fingerprint density at radius 1 is 1.43 bits per heavy atom. The number of aliphatic hydroxyl groups excluding tert-OH is 1. The molecule has 5 nitrogen and oxygen atoms in total. The summed E-state index contributed by atoms with van der Waals surface area (Å²) in [6.07, 6.45) is 3.17. The number of rotatable bonds is 4. The molecular weight excluding hydrogens is 182 g/mol. The van der Waals surface area contributed by atoms with E-state index in [9.17, 15) is 0 Å². The van der Waals surface area contributed by atoms with Gasteiger partial charge in [-0.25, -0.2) is 9.97 Å². The minimum atomic E-state index is -0.428. The van der Waals surface area contributed by atoms with E-state index in [1.807, 2.05) is 13.8 Å². The second-order valence-corrected chi connectivity index (χ2v) is 3.25. The Hall–Kier alpha value is -1.20. The number of aromatic nitrogens is 2. The summed E-state index contributed by atoms with van der Waals surface area (Å²) in [5, 5.41) is 8.79. The highest BCUT2D eigenvalue weighted by Crippen LogP contribution is 2.09. The summed E-state index contributed by atoms with van der Waals surface area (Å²) < 4.78 is 5.26. The summed E-state index contributed by atoms with van der Waals surface area (Å²) in [4.78, 5) is 7.93. The van der Waals surface area contributed by atoms with Gasteiger partial charge in [0.2, 0.25) is 0 Å².